The van der Waals surface area contributed by atoms with E-state index in [2.05, 4.69) is 20.5 Å². The van der Waals surface area contributed by atoms with Gasteiger partial charge in [-0.3, -0.25) is 9.89 Å². The van der Waals surface area contributed by atoms with Crippen molar-refractivity contribution in [2.24, 2.45) is 0 Å². The van der Waals surface area contributed by atoms with Gasteiger partial charge in [0.2, 0.25) is 20.9 Å². The molecule has 0 radical (unpaired) electrons. The van der Waals surface area contributed by atoms with Gasteiger partial charge in [-0.05, 0) is 18.6 Å². The fraction of sp³-hybridized carbons (Fsp3) is 0.357. The molecule has 25 heavy (non-hydrogen) atoms. The van der Waals surface area contributed by atoms with Crippen molar-refractivity contribution in [2.75, 3.05) is 11.1 Å². The molecule has 7 nitrogen and oxygen atoms in total. The molecule has 2 N–H and O–H groups in total. The molecule has 0 atom stereocenters. The van der Waals surface area contributed by atoms with E-state index < -0.39 is 26.4 Å². The summed E-state index contributed by atoms with van der Waals surface area (Å²) < 4.78 is 48.7. The highest BCUT2D eigenvalue weighted by atomic mass is 32.2. The fourth-order valence-electron chi connectivity index (χ4n) is 1.92. The second-order valence-electron chi connectivity index (χ2n) is 4.95. The zero-order chi connectivity index (χ0) is 18.4. The minimum absolute atomic E-state index is 0.0908. The van der Waals surface area contributed by atoms with Crippen LogP contribution in [0, 0.1) is 0 Å². The molecule has 0 bridgehead atoms. The molecular weight excluding hydrogens is 374 g/mol. The van der Waals surface area contributed by atoms with Crippen LogP contribution in [0.2, 0.25) is 0 Å². The third-order valence-corrected chi connectivity index (χ3v) is 5.32. The molecule has 2 rings (SSSR count). The smallest absolute Gasteiger partial charge is 0.324 e. The van der Waals surface area contributed by atoms with Gasteiger partial charge in [-0.15, -0.1) is 5.10 Å². The SMILES string of the molecule is CCCc1nc(SCC(=O)Nc2ccccc2S(=O)(=O)C(F)F)n[nH]1. The average molecular weight is 390 g/mol. The van der Waals surface area contributed by atoms with E-state index in [-0.39, 0.29) is 11.4 Å². The van der Waals surface area contributed by atoms with Gasteiger partial charge in [0.1, 0.15) is 5.82 Å². The van der Waals surface area contributed by atoms with Crippen LogP contribution < -0.4 is 5.32 Å². The van der Waals surface area contributed by atoms with E-state index in [1.54, 1.807) is 0 Å². The van der Waals surface area contributed by atoms with Gasteiger partial charge < -0.3 is 5.32 Å². The number of hydrogen-bond donors (Lipinski definition) is 2. The van der Waals surface area contributed by atoms with Crippen molar-refractivity contribution in [1.82, 2.24) is 15.2 Å². The highest BCUT2D eigenvalue weighted by molar-refractivity contribution is 7.99. The Balaban J connectivity index is 2.03. The van der Waals surface area contributed by atoms with Gasteiger partial charge in [0.25, 0.3) is 0 Å². The summed E-state index contributed by atoms with van der Waals surface area (Å²) in [6, 6.07) is 5.03. The Bertz CT molecular complexity index is 840. The molecule has 136 valence electrons. The number of hydrogen-bond acceptors (Lipinski definition) is 6. The number of amides is 1. The maximum Gasteiger partial charge on any atom is 0.341 e. The lowest BCUT2D eigenvalue weighted by Crippen LogP contribution is -2.19. The molecule has 0 fully saturated rings. The molecule has 0 saturated heterocycles. The predicted octanol–water partition coefficient (Wildman–Crippen LogP) is 2.48. The number of nitrogens with zero attached hydrogens (tertiary/aromatic N) is 2. The first-order chi connectivity index (χ1) is 11.8. The number of aryl methyl sites for hydroxylation is 1. The van der Waals surface area contributed by atoms with Crippen LogP contribution in [-0.2, 0) is 21.1 Å². The largest absolute Gasteiger partial charge is 0.341 e. The molecule has 0 saturated carbocycles. The van der Waals surface area contributed by atoms with Crippen LogP contribution in [0.3, 0.4) is 0 Å². The van der Waals surface area contributed by atoms with Crippen molar-refractivity contribution >= 4 is 33.2 Å². The summed E-state index contributed by atoms with van der Waals surface area (Å²) in [5.41, 5.74) is -0.185. The number of aromatic nitrogens is 3. The van der Waals surface area contributed by atoms with Crippen LogP contribution in [0.25, 0.3) is 0 Å². The molecule has 1 aromatic carbocycles. The molecule has 0 aliphatic carbocycles. The minimum Gasteiger partial charge on any atom is -0.324 e. The number of aromatic amines is 1. The highest BCUT2D eigenvalue weighted by Gasteiger charge is 2.29. The highest BCUT2D eigenvalue weighted by Crippen LogP contribution is 2.26. The Labute approximate surface area is 147 Å². The number of para-hydroxylation sites is 1. The zero-order valence-electron chi connectivity index (χ0n) is 13.2. The van der Waals surface area contributed by atoms with E-state index in [4.69, 9.17) is 0 Å². The predicted molar refractivity (Wildman–Crippen MR) is 89.4 cm³/mol. The van der Waals surface area contributed by atoms with Gasteiger partial charge >= 0.3 is 5.76 Å². The summed E-state index contributed by atoms with van der Waals surface area (Å²) in [7, 11) is -4.81. The second kappa shape index (κ2) is 8.39. The van der Waals surface area contributed by atoms with E-state index in [9.17, 15) is 22.0 Å². The summed E-state index contributed by atoms with van der Waals surface area (Å²) >= 11 is 1.05. The number of carbonyl (C=O) groups is 1. The second-order valence-corrected chi connectivity index (χ2v) is 7.78. The quantitative estimate of drug-likeness (QED) is 0.671. The van der Waals surface area contributed by atoms with Crippen LogP contribution in [0.5, 0.6) is 0 Å². The number of H-pyrrole nitrogens is 1. The third kappa shape index (κ3) is 4.98. The molecule has 1 aromatic heterocycles. The monoisotopic (exact) mass is 390 g/mol. The summed E-state index contributed by atoms with van der Waals surface area (Å²) in [5.74, 6) is -3.50. The number of anilines is 1. The van der Waals surface area contributed by atoms with E-state index in [0.29, 0.717) is 11.0 Å². The maximum absolute atomic E-state index is 12.7. The number of halogens is 2. The van der Waals surface area contributed by atoms with Crippen LogP contribution in [-0.4, -0.2) is 41.0 Å². The number of thioether (sulfide) groups is 1. The molecule has 0 unspecified atom stereocenters. The van der Waals surface area contributed by atoms with Crippen molar-refractivity contribution in [3.8, 4) is 0 Å². The standard InChI is InChI=1S/C14H16F2N4O3S2/c1-2-5-11-18-14(20-19-11)24-8-12(21)17-9-6-3-4-7-10(9)25(22,23)13(15)16/h3-4,6-7,13H,2,5,8H2,1H3,(H,17,21)(H,18,19,20). The molecule has 0 aliphatic heterocycles. The van der Waals surface area contributed by atoms with Gasteiger partial charge in [-0.1, -0.05) is 30.8 Å². The van der Waals surface area contributed by atoms with Crippen LogP contribution >= 0.6 is 11.8 Å². The summed E-state index contributed by atoms with van der Waals surface area (Å²) in [5, 5.41) is 9.41. The van der Waals surface area contributed by atoms with E-state index in [1.807, 2.05) is 6.92 Å². The van der Waals surface area contributed by atoms with E-state index in [0.717, 1.165) is 30.7 Å². The van der Waals surface area contributed by atoms with Gasteiger partial charge in [0.05, 0.1) is 16.3 Å². The van der Waals surface area contributed by atoms with Crippen molar-refractivity contribution in [1.29, 1.82) is 0 Å². The number of rotatable bonds is 8. The number of carbonyl (C=O) groups excluding carboxylic acids is 1. The van der Waals surface area contributed by atoms with Crippen molar-refractivity contribution in [3.05, 3.63) is 30.1 Å². The normalized spacial score (nSPS) is 11.7. The van der Waals surface area contributed by atoms with Crippen LogP contribution in [0.4, 0.5) is 14.5 Å². The van der Waals surface area contributed by atoms with Gasteiger partial charge in [-0.25, -0.2) is 13.4 Å². The average Bonchev–Trinajstić information content (AvgIpc) is 3.01. The lowest BCUT2D eigenvalue weighted by atomic mass is 10.3. The van der Waals surface area contributed by atoms with Crippen molar-refractivity contribution in [2.45, 2.75) is 35.6 Å². The first-order valence-corrected chi connectivity index (χ1v) is 9.82. The topological polar surface area (TPSA) is 105 Å². The van der Waals surface area contributed by atoms with E-state index >= 15 is 0 Å². The van der Waals surface area contributed by atoms with Crippen LogP contribution in [0.1, 0.15) is 19.2 Å². The number of nitrogens with one attached hydrogen (secondary N) is 2. The zero-order valence-corrected chi connectivity index (χ0v) is 14.8. The molecule has 0 aliphatic rings. The van der Waals surface area contributed by atoms with E-state index in [1.165, 1.54) is 18.2 Å². The van der Waals surface area contributed by atoms with Crippen LogP contribution in [0.15, 0.2) is 34.3 Å². The fourth-order valence-corrected chi connectivity index (χ4v) is 3.42. The molecular formula is C14H16F2N4O3S2. The number of benzene rings is 1. The molecule has 11 heteroatoms. The number of alkyl halides is 2. The summed E-state index contributed by atoms with van der Waals surface area (Å²) in [4.78, 5) is 15.5. The van der Waals surface area contributed by atoms with Gasteiger partial charge in [0, 0.05) is 6.42 Å². The lowest BCUT2D eigenvalue weighted by Gasteiger charge is -2.10. The Kier molecular flexibility index (Phi) is 6.48. The summed E-state index contributed by atoms with van der Waals surface area (Å²) in [6.45, 7) is 1.99. The maximum atomic E-state index is 12.7. The Morgan fingerprint density at radius 3 is 2.76 bits per heavy atom. The first kappa shape index (κ1) is 19.3. The third-order valence-electron chi connectivity index (χ3n) is 3.03. The summed E-state index contributed by atoms with van der Waals surface area (Å²) in [6.07, 6.45) is 1.63. The number of sulfone groups is 1. The minimum atomic E-state index is -4.81. The van der Waals surface area contributed by atoms with Gasteiger partial charge in [-0.2, -0.15) is 8.78 Å². The Hall–Kier alpha value is -2.01. The molecule has 0 spiro atoms. The van der Waals surface area contributed by atoms with Crippen molar-refractivity contribution in [3.63, 3.8) is 0 Å². The lowest BCUT2D eigenvalue weighted by molar-refractivity contribution is -0.113. The molecule has 2 aromatic rings. The Morgan fingerprint density at radius 1 is 1.36 bits per heavy atom. The van der Waals surface area contributed by atoms with Gasteiger partial charge in [0.15, 0.2) is 0 Å². The van der Waals surface area contributed by atoms with Crippen molar-refractivity contribution < 1.29 is 22.0 Å². The molecule has 1 heterocycles. The molecule has 1 amide bonds. The Morgan fingerprint density at radius 2 is 2.08 bits per heavy atom. The first-order valence-electron chi connectivity index (χ1n) is 7.29.